The molecule has 8 N–H and O–H groups in total. The third-order valence-electron chi connectivity index (χ3n) is 2.04. The van der Waals surface area contributed by atoms with Crippen molar-refractivity contribution in [2.45, 2.75) is 37.8 Å². The van der Waals surface area contributed by atoms with E-state index in [-0.39, 0.29) is 12.1 Å². The van der Waals surface area contributed by atoms with Gasteiger partial charge >= 0.3 is 0 Å². The molecule has 0 aromatic heterocycles. The molecule has 0 heterocycles. The lowest BCUT2D eigenvalue weighted by atomic mass is 9.92. The Morgan fingerprint density at radius 2 is 1.17 bits per heavy atom. The molecule has 2 atom stereocenters. The largest absolute Gasteiger partial charge is 0.329 e. The monoisotopic (exact) mass is 174 g/mol. The lowest BCUT2D eigenvalue weighted by molar-refractivity contribution is 0.385. The zero-order chi connectivity index (χ0) is 9.40. The molecule has 0 spiro atoms. The predicted octanol–water partition coefficient (Wildman–Crippen LogP) is -0.881. The van der Waals surface area contributed by atoms with E-state index in [1.165, 1.54) is 12.8 Å². The molecule has 0 bridgehead atoms. The minimum absolute atomic E-state index is 0.281. The van der Waals surface area contributed by atoms with Crippen molar-refractivity contribution in [3.05, 3.63) is 0 Å². The predicted molar refractivity (Wildman–Crippen MR) is 52.5 cm³/mol. The van der Waals surface area contributed by atoms with Gasteiger partial charge in [-0.2, -0.15) is 0 Å². The molecule has 4 nitrogen and oxygen atoms in total. The Labute approximate surface area is 74.7 Å². The van der Waals surface area contributed by atoms with Crippen LogP contribution < -0.4 is 22.9 Å². The first-order valence-electron chi connectivity index (χ1n) is 4.63. The lowest BCUT2D eigenvalue weighted by Crippen LogP contribution is -2.43. The number of hydrogen-bond donors (Lipinski definition) is 4. The fourth-order valence-corrected chi connectivity index (χ4v) is 1.19. The molecule has 4 heteroatoms. The second-order valence-electron chi connectivity index (χ2n) is 3.19. The van der Waals surface area contributed by atoms with Crippen LogP contribution in [0.3, 0.4) is 0 Å². The molecule has 0 saturated heterocycles. The summed E-state index contributed by atoms with van der Waals surface area (Å²) < 4.78 is 0. The number of rotatable bonds is 1. The highest BCUT2D eigenvalue weighted by atomic mass is 14.8. The van der Waals surface area contributed by atoms with Gasteiger partial charge in [0.15, 0.2) is 0 Å². The molecule has 0 radical (unpaired) electrons. The Kier molecular flexibility index (Phi) is 7.39. The summed E-state index contributed by atoms with van der Waals surface area (Å²) in [5.74, 6) is 0. The summed E-state index contributed by atoms with van der Waals surface area (Å²) >= 11 is 0. The number of hydrogen-bond acceptors (Lipinski definition) is 4. The molecular weight excluding hydrogens is 152 g/mol. The summed E-state index contributed by atoms with van der Waals surface area (Å²) in [6.45, 7) is 1.19. The van der Waals surface area contributed by atoms with Crippen LogP contribution in [-0.4, -0.2) is 25.2 Å². The van der Waals surface area contributed by atoms with E-state index >= 15 is 0 Å². The van der Waals surface area contributed by atoms with E-state index in [1.807, 2.05) is 0 Å². The summed E-state index contributed by atoms with van der Waals surface area (Å²) in [6, 6.07) is 0.562. The van der Waals surface area contributed by atoms with E-state index in [9.17, 15) is 0 Å². The molecular formula is C8H22N4. The molecule has 1 rings (SSSR count). The topological polar surface area (TPSA) is 104 Å². The van der Waals surface area contributed by atoms with Gasteiger partial charge in [-0.05, 0) is 12.8 Å². The summed E-state index contributed by atoms with van der Waals surface area (Å²) in [7, 11) is 0. The van der Waals surface area contributed by atoms with Crippen LogP contribution in [-0.2, 0) is 0 Å². The van der Waals surface area contributed by atoms with Crippen molar-refractivity contribution in [3.63, 3.8) is 0 Å². The summed E-state index contributed by atoms with van der Waals surface area (Å²) in [6.07, 6.45) is 4.80. The van der Waals surface area contributed by atoms with Gasteiger partial charge < -0.3 is 22.9 Å². The van der Waals surface area contributed by atoms with Gasteiger partial charge in [0.1, 0.15) is 0 Å². The van der Waals surface area contributed by atoms with Crippen LogP contribution in [0.4, 0.5) is 0 Å². The first kappa shape index (κ1) is 11.8. The van der Waals surface area contributed by atoms with Crippen LogP contribution in [0.25, 0.3) is 0 Å². The van der Waals surface area contributed by atoms with E-state index in [0.717, 1.165) is 12.8 Å². The molecule has 1 aliphatic carbocycles. The lowest BCUT2D eigenvalue weighted by Gasteiger charge is -2.24. The quantitative estimate of drug-likeness (QED) is 0.414. The van der Waals surface area contributed by atoms with Crippen molar-refractivity contribution >= 4 is 0 Å². The van der Waals surface area contributed by atoms with E-state index in [2.05, 4.69) is 0 Å². The number of nitrogens with two attached hydrogens (primary N) is 4. The molecule has 1 aliphatic rings. The fourth-order valence-electron chi connectivity index (χ4n) is 1.19. The van der Waals surface area contributed by atoms with Crippen LogP contribution >= 0.6 is 0 Å². The highest BCUT2D eigenvalue weighted by Gasteiger charge is 2.16. The van der Waals surface area contributed by atoms with E-state index in [4.69, 9.17) is 22.9 Å². The Morgan fingerprint density at radius 3 is 1.33 bits per heavy atom. The van der Waals surface area contributed by atoms with Crippen LogP contribution in [0.2, 0.25) is 0 Å². The van der Waals surface area contributed by atoms with Crippen LogP contribution in [0.1, 0.15) is 25.7 Å². The summed E-state index contributed by atoms with van der Waals surface area (Å²) in [4.78, 5) is 0. The zero-order valence-electron chi connectivity index (χ0n) is 7.71. The van der Waals surface area contributed by atoms with Gasteiger partial charge in [-0.3, -0.25) is 0 Å². The van der Waals surface area contributed by atoms with Crippen molar-refractivity contribution in [1.29, 1.82) is 0 Å². The standard InChI is InChI=1S/C6H14N2.C2H8N2/c7-5-3-1-2-4-6(5)8;3-1-2-4/h5-6H,1-4,7-8H2;1-4H2/t5-,6+;. The Hall–Kier alpha value is -0.160. The maximum atomic E-state index is 5.65. The first-order valence-corrected chi connectivity index (χ1v) is 4.63. The van der Waals surface area contributed by atoms with Crippen molar-refractivity contribution in [1.82, 2.24) is 0 Å². The fraction of sp³-hybridized carbons (Fsp3) is 1.00. The molecule has 1 fully saturated rings. The van der Waals surface area contributed by atoms with Crippen LogP contribution in [0.5, 0.6) is 0 Å². The van der Waals surface area contributed by atoms with Crippen molar-refractivity contribution in [3.8, 4) is 0 Å². The molecule has 0 aromatic carbocycles. The van der Waals surface area contributed by atoms with Gasteiger partial charge in [0.25, 0.3) is 0 Å². The van der Waals surface area contributed by atoms with Crippen molar-refractivity contribution in [2.75, 3.05) is 13.1 Å². The Morgan fingerprint density at radius 1 is 0.833 bits per heavy atom. The molecule has 1 saturated carbocycles. The minimum atomic E-state index is 0.281. The Balaban J connectivity index is 0.000000261. The van der Waals surface area contributed by atoms with Gasteiger partial charge in [-0.25, -0.2) is 0 Å². The van der Waals surface area contributed by atoms with Gasteiger partial charge in [-0.1, -0.05) is 12.8 Å². The van der Waals surface area contributed by atoms with Gasteiger partial charge in [0.2, 0.25) is 0 Å². The normalized spacial score (nSPS) is 29.0. The summed E-state index contributed by atoms with van der Waals surface area (Å²) in [5, 5.41) is 0. The van der Waals surface area contributed by atoms with Gasteiger partial charge in [-0.15, -0.1) is 0 Å². The average molecular weight is 174 g/mol. The van der Waals surface area contributed by atoms with Gasteiger partial charge in [0, 0.05) is 25.2 Å². The van der Waals surface area contributed by atoms with Crippen LogP contribution in [0, 0.1) is 0 Å². The smallest absolute Gasteiger partial charge is 0.0192 e. The zero-order valence-corrected chi connectivity index (χ0v) is 7.71. The van der Waals surface area contributed by atoms with Crippen molar-refractivity contribution < 1.29 is 0 Å². The SMILES string of the molecule is NCCN.N[C@@H]1CCCC[C@@H]1N. The van der Waals surface area contributed by atoms with E-state index < -0.39 is 0 Å². The highest BCUT2D eigenvalue weighted by Crippen LogP contribution is 2.14. The van der Waals surface area contributed by atoms with Crippen molar-refractivity contribution in [2.24, 2.45) is 22.9 Å². The average Bonchev–Trinajstić information content (AvgIpc) is 2.11. The highest BCUT2D eigenvalue weighted by molar-refractivity contribution is 4.79. The van der Waals surface area contributed by atoms with Crippen LogP contribution in [0.15, 0.2) is 0 Å². The molecule has 12 heavy (non-hydrogen) atoms. The Bertz CT molecular complexity index is 85.1. The molecule has 0 aromatic rings. The maximum Gasteiger partial charge on any atom is 0.0192 e. The van der Waals surface area contributed by atoms with Gasteiger partial charge in [0.05, 0.1) is 0 Å². The van der Waals surface area contributed by atoms with E-state index in [1.54, 1.807) is 0 Å². The third kappa shape index (κ3) is 5.49. The minimum Gasteiger partial charge on any atom is -0.329 e. The first-order chi connectivity index (χ1) is 5.72. The third-order valence-corrected chi connectivity index (χ3v) is 2.04. The molecule has 0 aliphatic heterocycles. The molecule has 74 valence electrons. The second kappa shape index (κ2) is 7.49. The second-order valence-corrected chi connectivity index (χ2v) is 3.19. The maximum absolute atomic E-state index is 5.65. The molecule has 0 unspecified atom stereocenters. The van der Waals surface area contributed by atoms with E-state index in [0.29, 0.717) is 13.1 Å². The molecule has 0 amide bonds. The summed E-state index contributed by atoms with van der Waals surface area (Å²) in [5.41, 5.74) is 21.1.